The van der Waals surface area contributed by atoms with Crippen LogP contribution in [-0.2, 0) is 4.79 Å². The summed E-state index contributed by atoms with van der Waals surface area (Å²) >= 11 is 0. The molecule has 5 heteroatoms. The van der Waals surface area contributed by atoms with Crippen LogP contribution in [0.25, 0.3) is 0 Å². The number of nitrogens with zero attached hydrogens (tertiary/aromatic N) is 2. The lowest BCUT2D eigenvalue weighted by atomic mass is 10.00. The van der Waals surface area contributed by atoms with Crippen molar-refractivity contribution in [3.63, 3.8) is 0 Å². The Bertz CT molecular complexity index is 458. The standard InChI is InChI=1S/C16H26N4O/c1-16(2,17)9-8-15(21)19-13-6-7-14(18-12-13)20-10-4-3-5-11-20/h6-7,12H,3-5,8-11,17H2,1-2H3,(H,19,21). The van der Waals surface area contributed by atoms with E-state index in [2.05, 4.69) is 15.2 Å². The van der Waals surface area contributed by atoms with Gasteiger partial charge in [-0.25, -0.2) is 4.98 Å². The third kappa shape index (κ3) is 5.34. The SMILES string of the molecule is CC(C)(N)CCC(=O)Nc1ccc(N2CCCCC2)nc1. The Morgan fingerprint density at radius 3 is 2.62 bits per heavy atom. The molecule has 1 fully saturated rings. The van der Waals surface area contributed by atoms with E-state index in [1.54, 1.807) is 6.20 Å². The summed E-state index contributed by atoms with van der Waals surface area (Å²) in [4.78, 5) is 18.6. The van der Waals surface area contributed by atoms with Crippen LogP contribution in [0, 0.1) is 0 Å². The smallest absolute Gasteiger partial charge is 0.224 e. The van der Waals surface area contributed by atoms with Gasteiger partial charge in [-0.3, -0.25) is 4.79 Å². The fraction of sp³-hybridized carbons (Fsp3) is 0.625. The van der Waals surface area contributed by atoms with E-state index in [0.29, 0.717) is 12.8 Å². The number of carbonyl (C=O) groups is 1. The number of nitrogens with one attached hydrogen (secondary N) is 1. The van der Waals surface area contributed by atoms with Crippen molar-refractivity contribution in [3.8, 4) is 0 Å². The molecule has 0 atom stereocenters. The second-order valence-corrected chi connectivity index (χ2v) is 6.49. The van der Waals surface area contributed by atoms with Gasteiger partial charge in [-0.1, -0.05) is 0 Å². The highest BCUT2D eigenvalue weighted by molar-refractivity contribution is 5.90. The number of aromatic nitrogens is 1. The molecule has 5 nitrogen and oxygen atoms in total. The summed E-state index contributed by atoms with van der Waals surface area (Å²) in [5, 5.41) is 2.87. The molecule has 0 aromatic carbocycles. The van der Waals surface area contributed by atoms with Gasteiger partial charge in [0, 0.05) is 25.0 Å². The van der Waals surface area contributed by atoms with Crippen molar-refractivity contribution in [2.24, 2.45) is 5.73 Å². The van der Waals surface area contributed by atoms with Crippen LogP contribution in [0.4, 0.5) is 11.5 Å². The van der Waals surface area contributed by atoms with E-state index < -0.39 is 0 Å². The zero-order chi connectivity index (χ0) is 15.3. The van der Waals surface area contributed by atoms with E-state index >= 15 is 0 Å². The molecule has 1 aromatic rings. The normalized spacial score (nSPS) is 15.9. The fourth-order valence-corrected chi connectivity index (χ4v) is 2.43. The molecule has 3 N–H and O–H groups in total. The summed E-state index contributed by atoms with van der Waals surface area (Å²) in [7, 11) is 0. The van der Waals surface area contributed by atoms with Crippen LogP contribution in [0.15, 0.2) is 18.3 Å². The van der Waals surface area contributed by atoms with Gasteiger partial charge in [-0.05, 0) is 51.7 Å². The summed E-state index contributed by atoms with van der Waals surface area (Å²) in [5.74, 6) is 0.983. The molecule has 0 bridgehead atoms. The quantitative estimate of drug-likeness (QED) is 0.874. The van der Waals surface area contributed by atoms with Crippen molar-refractivity contribution < 1.29 is 4.79 Å². The monoisotopic (exact) mass is 290 g/mol. The Balaban J connectivity index is 1.85. The highest BCUT2D eigenvalue weighted by Crippen LogP contribution is 2.19. The predicted octanol–water partition coefficient (Wildman–Crippen LogP) is 2.53. The van der Waals surface area contributed by atoms with Crippen molar-refractivity contribution >= 4 is 17.4 Å². The highest BCUT2D eigenvalue weighted by Gasteiger charge is 2.14. The average molecular weight is 290 g/mol. The second kappa shape index (κ2) is 6.89. The van der Waals surface area contributed by atoms with Crippen LogP contribution >= 0.6 is 0 Å². The predicted molar refractivity (Wildman–Crippen MR) is 86.4 cm³/mol. The average Bonchev–Trinajstić information content (AvgIpc) is 2.46. The van der Waals surface area contributed by atoms with E-state index in [1.165, 1.54) is 19.3 Å². The third-order valence-electron chi connectivity index (χ3n) is 3.71. The van der Waals surface area contributed by atoms with Crippen LogP contribution < -0.4 is 16.0 Å². The molecular weight excluding hydrogens is 264 g/mol. The van der Waals surface area contributed by atoms with Crippen LogP contribution in [-0.4, -0.2) is 29.5 Å². The third-order valence-corrected chi connectivity index (χ3v) is 3.71. The molecule has 1 aromatic heterocycles. The van der Waals surface area contributed by atoms with Crippen LogP contribution in [0.5, 0.6) is 0 Å². The lowest BCUT2D eigenvalue weighted by Crippen LogP contribution is -2.33. The van der Waals surface area contributed by atoms with Crippen LogP contribution in [0.1, 0.15) is 46.0 Å². The molecule has 0 unspecified atom stereocenters. The lowest BCUT2D eigenvalue weighted by Gasteiger charge is -2.27. The zero-order valence-electron chi connectivity index (χ0n) is 13.1. The maximum atomic E-state index is 11.8. The molecule has 0 radical (unpaired) electrons. The highest BCUT2D eigenvalue weighted by atomic mass is 16.1. The molecule has 1 amide bonds. The number of nitrogens with two attached hydrogens (primary N) is 1. The van der Waals surface area contributed by atoms with Crippen molar-refractivity contribution in [1.29, 1.82) is 0 Å². The molecule has 2 heterocycles. The zero-order valence-corrected chi connectivity index (χ0v) is 13.1. The van der Waals surface area contributed by atoms with Gasteiger partial charge in [-0.2, -0.15) is 0 Å². The van der Waals surface area contributed by atoms with Gasteiger partial charge in [0.15, 0.2) is 0 Å². The number of amides is 1. The Hall–Kier alpha value is -1.62. The minimum atomic E-state index is -0.312. The lowest BCUT2D eigenvalue weighted by molar-refractivity contribution is -0.116. The Kier molecular flexibility index (Phi) is 5.17. The number of piperidine rings is 1. The van der Waals surface area contributed by atoms with Gasteiger partial charge in [0.25, 0.3) is 0 Å². The van der Waals surface area contributed by atoms with Gasteiger partial charge >= 0.3 is 0 Å². The molecule has 0 saturated carbocycles. The van der Waals surface area contributed by atoms with Gasteiger partial charge in [0.1, 0.15) is 5.82 Å². The molecule has 0 aliphatic carbocycles. The Morgan fingerprint density at radius 2 is 2.05 bits per heavy atom. The fourth-order valence-electron chi connectivity index (χ4n) is 2.43. The molecular formula is C16H26N4O. The van der Waals surface area contributed by atoms with Gasteiger partial charge < -0.3 is 16.0 Å². The molecule has 1 aliphatic rings. The first-order valence-corrected chi connectivity index (χ1v) is 7.74. The molecule has 0 spiro atoms. The number of hydrogen-bond donors (Lipinski definition) is 2. The van der Waals surface area contributed by atoms with E-state index in [0.717, 1.165) is 24.6 Å². The first-order valence-electron chi connectivity index (χ1n) is 7.74. The first kappa shape index (κ1) is 15.8. The van der Waals surface area contributed by atoms with Crippen molar-refractivity contribution in [1.82, 2.24) is 4.98 Å². The second-order valence-electron chi connectivity index (χ2n) is 6.49. The van der Waals surface area contributed by atoms with Crippen LogP contribution in [0.2, 0.25) is 0 Å². The summed E-state index contributed by atoms with van der Waals surface area (Å²) in [6.07, 6.45) is 6.59. The van der Waals surface area contributed by atoms with Crippen molar-refractivity contribution in [3.05, 3.63) is 18.3 Å². The minimum Gasteiger partial charge on any atom is -0.357 e. The van der Waals surface area contributed by atoms with Gasteiger partial charge in [-0.15, -0.1) is 0 Å². The topological polar surface area (TPSA) is 71.2 Å². The van der Waals surface area contributed by atoms with Gasteiger partial charge in [0.2, 0.25) is 5.91 Å². The Labute approximate surface area is 126 Å². The minimum absolute atomic E-state index is 0.0129. The van der Waals surface area contributed by atoms with Crippen LogP contribution in [0.3, 0.4) is 0 Å². The molecule has 1 aliphatic heterocycles. The molecule has 21 heavy (non-hydrogen) atoms. The summed E-state index contributed by atoms with van der Waals surface area (Å²) < 4.78 is 0. The van der Waals surface area contributed by atoms with E-state index in [-0.39, 0.29) is 11.4 Å². The summed E-state index contributed by atoms with van der Waals surface area (Å²) in [6, 6.07) is 3.90. The number of hydrogen-bond acceptors (Lipinski definition) is 4. The van der Waals surface area contributed by atoms with E-state index in [4.69, 9.17) is 5.73 Å². The number of anilines is 2. The number of rotatable bonds is 5. The van der Waals surface area contributed by atoms with E-state index in [1.807, 2.05) is 26.0 Å². The molecule has 116 valence electrons. The Morgan fingerprint density at radius 1 is 1.33 bits per heavy atom. The summed E-state index contributed by atoms with van der Waals surface area (Å²) in [6.45, 7) is 6.00. The molecule has 2 rings (SSSR count). The maximum absolute atomic E-state index is 11.8. The largest absolute Gasteiger partial charge is 0.357 e. The van der Waals surface area contributed by atoms with Crippen molar-refractivity contribution in [2.75, 3.05) is 23.3 Å². The maximum Gasteiger partial charge on any atom is 0.224 e. The molecule has 1 saturated heterocycles. The first-order chi connectivity index (χ1) is 9.94. The number of carbonyl (C=O) groups excluding carboxylic acids is 1. The summed E-state index contributed by atoms with van der Waals surface area (Å²) in [5.41, 5.74) is 6.32. The van der Waals surface area contributed by atoms with E-state index in [9.17, 15) is 4.79 Å². The van der Waals surface area contributed by atoms with Gasteiger partial charge in [0.05, 0.1) is 11.9 Å². The van der Waals surface area contributed by atoms with Crippen molar-refractivity contribution in [2.45, 2.75) is 51.5 Å². The number of pyridine rings is 1.